The molecule has 4 rings (SSSR count). The molecule has 146 valence electrons. The first-order valence-electron chi connectivity index (χ1n) is 8.85. The van der Waals surface area contributed by atoms with Gasteiger partial charge in [-0.05, 0) is 29.8 Å². The summed E-state index contributed by atoms with van der Waals surface area (Å²) < 4.78 is 33.8. The zero-order valence-corrected chi connectivity index (χ0v) is 16.8. The lowest BCUT2D eigenvalue weighted by Gasteiger charge is -2.13. The van der Waals surface area contributed by atoms with Gasteiger partial charge >= 0.3 is 0 Å². The minimum Gasteiger partial charge on any atom is -0.443 e. The fourth-order valence-corrected chi connectivity index (χ4v) is 4.26. The van der Waals surface area contributed by atoms with E-state index in [4.69, 9.17) is 21.4 Å². The second kappa shape index (κ2) is 7.73. The van der Waals surface area contributed by atoms with Crippen LogP contribution < -0.4 is 4.72 Å². The minimum atomic E-state index is -3.99. The molecule has 7 heteroatoms. The van der Waals surface area contributed by atoms with Crippen molar-refractivity contribution in [3.05, 3.63) is 95.0 Å². The first kappa shape index (κ1) is 19.2. The Morgan fingerprint density at radius 2 is 1.69 bits per heavy atom. The summed E-state index contributed by atoms with van der Waals surface area (Å²) in [5, 5.41) is 9.34. The van der Waals surface area contributed by atoms with Crippen LogP contribution >= 0.6 is 11.6 Å². The zero-order chi connectivity index (χ0) is 20.4. The molecular weight excluding hydrogens is 408 g/mol. The van der Waals surface area contributed by atoms with E-state index < -0.39 is 10.0 Å². The van der Waals surface area contributed by atoms with Crippen molar-refractivity contribution in [2.45, 2.75) is 11.5 Å². The molecule has 0 bridgehead atoms. The number of anilines is 1. The van der Waals surface area contributed by atoms with Crippen molar-refractivity contribution in [3.63, 3.8) is 0 Å². The van der Waals surface area contributed by atoms with E-state index in [1.54, 1.807) is 30.3 Å². The summed E-state index contributed by atoms with van der Waals surface area (Å²) in [6.45, 7) is 0. The first-order valence-corrected chi connectivity index (χ1v) is 10.7. The summed E-state index contributed by atoms with van der Waals surface area (Å²) in [6.07, 6.45) is 0.363. The number of fused-ring (bicyclic) bond motifs is 1. The van der Waals surface area contributed by atoms with Gasteiger partial charge < -0.3 is 9.83 Å². The number of hydrogen-bond donors (Lipinski definition) is 2. The van der Waals surface area contributed by atoms with Crippen LogP contribution in [0.1, 0.15) is 11.1 Å². The molecule has 29 heavy (non-hydrogen) atoms. The largest absolute Gasteiger partial charge is 0.443 e. The summed E-state index contributed by atoms with van der Waals surface area (Å²) in [5.41, 5.74) is 2.40. The molecular formula is C22H17ClN2O3S. The van der Waals surface area contributed by atoms with Gasteiger partial charge in [0.1, 0.15) is 5.58 Å². The van der Waals surface area contributed by atoms with Gasteiger partial charge in [-0.15, -0.1) is 0 Å². The maximum absolute atomic E-state index is 12.9. The van der Waals surface area contributed by atoms with Gasteiger partial charge in [-0.2, -0.15) is 8.42 Å². The summed E-state index contributed by atoms with van der Waals surface area (Å²) in [4.78, 5) is 0. The number of hydrogen-bond acceptors (Lipinski definition) is 4. The standard InChI is InChI=1S/C22H17ClN2O3S/c23-17-10-11-18(19(24)12-15-6-2-1-3-7-15)20(14-17)25-29(26,27)22-13-16-8-4-5-9-21(16)28-22/h1-11,13-14,24-25H,12H2. The Morgan fingerprint density at radius 1 is 0.966 bits per heavy atom. The maximum Gasteiger partial charge on any atom is 0.295 e. The third-order valence-corrected chi connectivity index (χ3v) is 5.90. The number of benzene rings is 3. The van der Waals surface area contributed by atoms with E-state index >= 15 is 0 Å². The van der Waals surface area contributed by atoms with Gasteiger partial charge in [-0.3, -0.25) is 4.72 Å². The maximum atomic E-state index is 12.9. The van der Waals surface area contributed by atoms with Gasteiger partial charge in [-0.25, -0.2) is 0 Å². The van der Waals surface area contributed by atoms with E-state index in [0.717, 1.165) is 5.56 Å². The summed E-state index contributed by atoms with van der Waals surface area (Å²) in [6, 6.07) is 22.8. The number of sulfonamides is 1. The Hall–Kier alpha value is -3.09. The fraction of sp³-hybridized carbons (Fsp3) is 0.0455. The monoisotopic (exact) mass is 424 g/mol. The highest BCUT2D eigenvalue weighted by atomic mass is 35.5. The van der Waals surface area contributed by atoms with Gasteiger partial charge in [0.15, 0.2) is 0 Å². The van der Waals surface area contributed by atoms with Crippen molar-refractivity contribution < 1.29 is 12.8 Å². The van der Waals surface area contributed by atoms with Crippen molar-refractivity contribution in [3.8, 4) is 0 Å². The highest BCUT2D eigenvalue weighted by Gasteiger charge is 2.22. The molecule has 0 spiro atoms. The molecule has 4 aromatic rings. The molecule has 0 aliphatic heterocycles. The van der Waals surface area contributed by atoms with Crippen LogP contribution in [0.3, 0.4) is 0 Å². The molecule has 0 amide bonds. The van der Waals surface area contributed by atoms with Crippen LogP contribution in [0.2, 0.25) is 5.02 Å². The van der Waals surface area contributed by atoms with E-state index in [1.165, 1.54) is 12.1 Å². The summed E-state index contributed by atoms with van der Waals surface area (Å²) in [7, 11) is -3.99. The molecule has 2 N–H and O–H groups in total. The van der Waals surface area contributed by atoms with Crippen LogP contribution in [0.4, 0.5) is 5.69 Å². The average molecular weight is 425 g/mol. The smallest absolute Gasteiger partial charge is 0.295 e. The normalized spacial score (nSPS) is 11.5. The zero-order valence-electron chi connectivity index (χ0n) is 15.2. The lowest BCUT2D eigenvalue weighted by molar-refractivity contribution is 0.484. The molecule has 3 aromatic carbocycles. The van der Waals surface area contributed by atoms with Crippen LogP contribution in [0.25, 0.3) is 11.0 Å². The predicted octanol–water partition coefficient (Wildman–Crippen LogP) is 5.50. The molecule has 0 unspecified atom stereocenters. The molecule has 0 saturated heterocycles. The quantitative estimate of drug-likeness (QED) is 0.401. The Kier molecular flexibility index (Phi) is 5.13. The lowest BCUT2D eigenvalue weighted by Crippen LogP contribution is -2.16. The molecule has 0 atom stereocenters. The highest BCUT2D eigenvalue weighted by Crippen LogP contribution is 2.28. The van der Waals surface area contributed by atoms with E-state index in [9.17, 15) is 8.42 Å². The van der Waals surface area contributed by atoms with Gasteiger partial charge in [0.2, 0.25) is 5.09 Å². The SMILES string of the molecule is N=C(Cc1ccccc1)c1ccc(Cl)cc1NS(=O)(=O)c1cc2ccccc2o1. The molecule has 0 fully saturated rings. The topological polar surface area (TPSA) is 83.2 Å². The average Bonchev–Trinajstić information content (AvgIpc) is 3.14. The second-order valence-electron chi connectivity index (χ2n) is 6.54. The molecule has 0 aliphatic rings. The van der Waals surface area contributed by atoms with Crippen molar-refractivity contribution in [2.24, 2.45) is 0 Å². The van der Waals surface area contributed by atoms with E-state index in [2.05, 4.69) is 4.72 Å². The van der Waals surface area contributed by atoms with Crippen LogP contribution in [0.5, 0.6) is 0 Å². The van der Waals surface area contributed by atoms with Gasteiger partial charge in [0, 0.05) is 34.2 Å². The van der Waals surface area contributed by atoms with E-state index in [0.29, 0.717) is 28.0 Å². The van der Waals surface area contributed by atoms with Gasteiger partial charge in [-0.1, -0.05) is 60.1 Å². The summed E-state index contributed by atoms with van der Waals surface area (Å²) >= 11 is 6.09. The lowest BCUT2D eigenvalue weighted by atomic mass is 10.0. The first-order chi connectivity index (χ1) is 13.9. The van der Waals surface area contributed by atoms with Crippen molar-refractivity contribution in [2.75, 3.05) is 4.72 Å². The van der Waals surface area contributed by atoms with Crippen molar-refractivity contribution >= 4 is 44.0 Å². The van der Waals surface area contributed by atoms with Gasteiger partial charge in [0.25, 0.3) is 10.0 Å². The number of halogens is 1. The Balaban J connectivity index is 1.67. The van der Waals surface area contributed by atoms with E-state index in [1.807, 2.05) is 36.4 Å². The number of para-hydroxylation sites is 1. The Labute approximate surface area is 173 Å². The summed E-state index contributed by atoms with van der Waals surface area (Å²) in [5.74, 6) is 0. The number of nitrogens with one attached hydrogen (secondary N) is 2. The van der Waals surface area contributed by atoms with Crippen LogP contribution in [-0.4, -0.2) is 14.1 Å². The number of rotatable bonds is 6. The van der Waals surface area contributed by atoms with Crippen molar-refractivity contribution in [1.82, 2.24) is 0 Å². The van der Waals surface area contributed by atoms with Crippen LogP contribution in [-0.2, 0) is 16.4 Å². The van der Waals surface area contributed by atoms with Crippen molar-refractivity contribution in [1.29, 1.82) is 5.41 Å². The fourth-order valence-electron chi connectivity index (χ4n) is 3.04. The van der Waals surface area contributed by atoms with Crippen LogP contribution in [0, 0.1) is 5.41 Å². The third-order valence-electron chi connectivity index (χ3n) is 4.44. The molecule has 0 radical (unpaired) electrons. The number of furan rings is 1. The highest BCUT2D eigenvalue weighted by molar-refractivity contribution is 7.92. The molecule has 5 nitrogen and oxygen atoms in total. The minimum absolute atomic E-state index is 0.195. The predicted molar refractivity (Wildman–Crippen MR) is 115 cm³/mol. The van der Waals surface area contributed by atoms with Gasteiger partial charge in [0.05, 0.1) is 5.69 Å². The van der Waals surface area contributed by atoms with Crippen LogP contribution in [0.15, 0.2) is 88.4 Å². The second-order valence-corrected chi connectivity index (χ2v) is 8.59. The Bertz CT molecular complexity index is 1270. The molecule has 1 aromatic heterocycles. The molecule has 0 saturated carbocycles. The molecule has 0 aliphatic carbocycles. The van der Waals surface area contributed by atoms with E-state index in [-0.39, 0.29) is 16.5 Å². The third kappa shape index (κ3) is 4.18. The Morgan fingerprint density at radius 3 is 2.45 bits per heavy atom. The molecule has 1 heterocycles.